The highest BCUT2D eigenvalue weighted by Gasteiger charge is 2.27. The number of fused-ring (bicyclic) bond motifs is 1. The van der Waals surface area contributed by atoms with Crippen LogP contribution < -0.4 is 10.9 Å². The quantitative estimate of drug-likeness (QED) is 0.588. The van der Waals surface area contributed by atoms with Crippen molar-refractivity contribution in [2.45, 2.75) is 19.9 Å². The number of rotatable bonds is 4. The molecule has 0 radical (unpaired) electrons. The van der Waals surface area contributed by atoms with Gasteiger partial charge in [-0.2, -0.15) is 0 Å². The maximum Gasteiger partial charge on any atom is 0.358 e. The number of nitrogens with one attached hydrogen (secondary N) is 1. The van der Waals surface area contributed by atoms with Crippen LogP contribution >= 0.6 is 0 Å². The fourth-order valence-corrected chi connectivity index (χ4v) is 2.63. The zero-order valence-electron chi connectivity index (χ0n) is 13.3. The van der Waals surface area contributed by atoms with Gasteiger partial charge in [0.1, 0.15) is 11.3 Å². The second kappa shape index (κ2) is 6.11. The van der Waals surface area contributed by atoms with E-state index in [1.165, 1.54) is 4.57 Å². The number of hydrogen-bond donors (Lipinski definition) is 1. The number of aromatic nitrogens is 2. The van der Waals surface area contributed by atoms with E-state index in [1.807, 2.05) is 19.9 Å². The summed E-state index contributed by atoms with van der Waals surface area (Å²) in [6.07, 6.45) is 1.56. The Bertz CT molecular complexity index is 965. The highest BCUT2D eigenvalue weighted by atomic mass is 16.6. The second-order valence-electron chi connectivity index (χ2n) is 5.63. The monoisotopic (exact) mass is 324 g/mol. The van der Waals surface area contributed by atoms with Crippen LogP contribution in [0.15, 0.2) is 53.5 Å². The minimum atomic E-state index is -0.708. The van der Waals surface area contributed by atoms with Crippen LogP contribution in [0.5, 0.6) is 0 Å². The number of pyridine rings is 2. The van der Waals surface area contributed by atoms with E-state index in [2.05, 4.69) is 10.3 Å². The summed E-state index contributed by atoms with van der Waals surface area (Å²) in [5, 5.41) is 15.1. The van der Waals surface area contributed by atoms with Gasteiger partial charge in [-0.25, -0.2) is 4.98 Å². The van der Waals surface area contributed by atoms with E-state index in [0.29, 0.717) is 16.7 Å². The maximum absolute atomic E-state index is 12.9. The van der Waals surface area contributed by atoms with Gasteiger partial charge in [-0.05, 0) is 38.1 Å². The van der Waals surface area contributed by atoms with Gasteiger partial charge < -0.3 is 5.32 Å². The second-order valence-corrected chi connectivity index (χ2v) is 5.63. The molecule has 0 spiro atoms. The van der Waals surface area contributed by atoms with Gasteiger partial charge >= 0.3 is 11.2 Å². The number of hydrogen-bond acceptors (Lipinski definition) is 5. The largest absolute Gasteiger partial charge is 0.377 e. The number of anilines is 1. The van der Waals surface area contributed by atoms with Crippen LogP contribution in [0.2, 0.25) is 0 Å². The van der Waals surface area contributed by atoms with Crippen molar-refractivity contribution in [3.05, 3.63) is 69.1 Å². The standard InChI is InChI=1S/C17H16N4O3/c1-11(2)19-14-13-9-6-10-18-16(13)20(12-7-4-3-5-8-12)17(22)15(14)21(23)24/h3-11,19H,1-2H3. The lowest BCUT2D eigenvalue weighted by Gasteiger charge is -2.16. The molecule has 2 heterocycles. The maximum atomic E-state index is 12.9. The Morgan fingerprint density at radius 3 is 2.50 bits per heavy atom. The average molecular weight is 324 g/mol. The summed E-state index contributed by atoms with van der Waals surface area (Å²) in [7, 11) is 0. The van der Waals surface area contributed by atoms with Crippen LogP contribution in [0.3, 0.4) is 0 Å². The van der Waals surface area contributed by atoms with E-state index in [9.17, 15) is 14.9 Å². The van der Waals surface area contributed by atoms with Crippen molar-refractivity contribution in [1.82, 2.24) is 9.55 Å². The molecular weight excluding hydrogens is 308 g/mol. The Balaban J connectivity index is 2.49. The Morgan fingerprint density at radius 1 is 1.17 bits per heavy atom. The first-order chi connectivity index (χ1) is 11.5. The van der Waals surface area contributed by atoms with Gasteiger partial charge in [0, 0.05) is 17.6 Å². The molecule has 3 aromatic rings. The van der Waals surface area contributed by atoms with Gasteiger partial charge in [-0.15, -0.1) is 0 Å². The van der Waals surface area contributed by atoms with E-state index in [-0.39, 0.29) is 11.7 Å². The third-order valence-corrected chi connectivity index (χ3v) is 3.54. The van der Waals surface area contributed by atoms with Crippen molar-refractivity contribution in [1.29, 1.82) is 0 Å². The van der Waals surface area contributed by atoms with Crippen LogP contribution in [-0.4, -0.2) is 20.5 Å². The lowest BCUT2D eigenvalue weighted by atomic mass is 10.1. The number of nitro groups is 1. The number of benzene rings is 1. The molecule has 0 atom stereocenters. The van der Waals surface area contributed by atoms with Gasteiger partial charge in [-0.1, -0.05) is 18.2 Å². The van der Waals surface area contributed by atoms with Crippen molar-refractivity contribution >= 4 is 22.4 Å². The van der Waals surface area contributed by atoms with E-state index in [0.717, 1.165) is 0 Å². The number of nitrogens with zero attached hydrogens (tertiary/aromatic N) is 3. The first kappa shape index (κ1) is 15.7. The minimum absolute atomic E-state index is 0.0703. The summed E-state index contributed by atoms with van der Waals surface area (Å²) in [5.74, 6) is 0. The Morgan fingerprint density at radius 2 is 1.88 bits per heavy atom. The predicted octanol–water partition coefficient (Wildman–Crippen LogP) is 3.11. The Labute approximate surface area is 137 Å². The lowest BCUT2D eigenvalue weighted by Crippen LogP contribution is -2.25. The summed E-state index contributed by atoms with van der Waals surface area (Å²) >= 11 is 0. The fourth-order valence-electron chi connectivity index (χ4n) is 2.63. The lowest BCUT2D eigenvalue weighted by molar-refractivity contribution is -0.385. The number of para-hydroxylation sites is 1. The highest BCUT2D eigenvalue weighted by molar-refractivity contribution is 5.95. The Hall–Kier alpha value is -3.22. The van der Waals surface area contributed by atoms with Crippen LogP contribution in [0, 0.1) is 10.1 Å². The molecule has 0 aliphatic carbocycles. The van der Waals surface area contributed by atoms with Crippen molar-refractivity contribution in [2.75, 3.05) is 5.32 Å². The molecule has 0 saturated carbocycles. The summed E-state index contributed by atoms with van der Waals surface area (Å²) in [6.45, 7) is 3.71. The first-order valence-electron chi connectivity index (χ1n) is 7.50. The third kappa shape index (κ3) is 2.60. The normalized spacial score (nSPS) is 11.0. The van der Waals surface area contributed by atoms with E-state index < -0.39 is 16.2 Å². The molecule has 7 nitrogen and oxygen atoms in total. The highest BCUT2D eigenvalue weighted by Crippen LogP contribution is 2.30. The van der Waals surface area contributed by atoms with Crippen LogP contribution in [0.25, 0.3) is 16.7 Å². The molecule has 24 heavy (non-hydrogen) atoms. The van der Waals surface area contributed by atoms with E-state index >= 15 is 0 Å². The van der Waals surface area contributed by atoms with E-state index in [4.69, 9.17) is 0 Å². The summed E-state index contributed by atoms with van der Waals surface area (Å²) < 4.78 is 1.28. The topological polar surface area (TPSA) is 90.1 Å². The molecular formula is C17H16N4O3. The minimum Gasteiger partial charge on any atom is -0.377 e. The van der Waals surface area contributed by atoms with Gasteiger partial charge in [0.15, 0.2) is 0 Å². The Kier molecular flexibility index (Phi) is 3.99. The van der Waals surface area contributed by atoms with Crippen LogP contribution in [0.1, 0.15) is 13.8 Å². The molecule has 0 fully saturated rings. The summed E-state index contributed by atoms with van der Waals surface area (Å²) in [5.41, 5.74) is -0.0725. The van der Waals surface area contributed by atoms with E-state index in [1.54, 1.807) is 42.6 Å². The van der Waals surface area contributed by atoms with Gasteiger partial charge in [-0.3, -0.25) is 19.5 Å². The van der Waals surface area contributed by atoms with Gasteiger partial charge in [0.2, 0.25) is 0 Å². The molecule has 1 N–H and O–H groups in total. The zero-order chi connectivity index (χ0) is 17.3. The molecule has 0 amide bonds. The van der Waals surface area contributed by atoms with Gasteiger partial charge in [0.05, 0.1) is 10.6 Å². The molecule has 0 bridgehead atoms. The average Bonchev–Trinajstić information content (AvgIpc) is 2.55. The summed E-state index contributed by atoms with van der Waals surface area (Å²) in [6, 6.07) is 12.1. The molecule has 7 heteroatoms. The molecule has 0 saturated heterocycles. The smallest absolute Gasteiger partial charge is 0.358 e. The molecule has 0 unspecified atom stereocenters. The van der Waals surface area contributed by atoms with Crippen molar-refractivity contribution in [3.8, 4) is 5.69 Å². The fraction of sp³-hybridized carbons (Fsp3) is 0.176. The zero-order valence-corrected chi connectivity index (χ0v) is 13.3. The molecule has 0 aliphatic heterocycles. The first-order valence-corrected chi connectivity index (χ1v) is 7.50. The SMILES string of the molecule is CC(C)Nc1c([N+](=O)[O-])c(=O)n(-c2ccccc2)c2ncccc12. The van der Waals surface area contributed by atoms with Gasteiger partial charge in [0.25, 0.3) is 0 Å². The van der Waals surface area contributed by atoms with Crippen molar-refractivity contribution in [2.24, 2.45) is 0 Å². The van der Waals surface area contributed by atoms with Crippen LogP contribution in [0.4, 0.5) is 11.4 Å². The third-order valence-electron chi connectivity index (χ3n) is 3.54. The van der Waals surface area contributed by atoms with Crippen molar-refractivity contribution in [3.63, 3.8) is 0 Å². The molecule has 1 aromatic carbocycles. The predicted molar refractivity (Wildman–Crippen MR) is 92.8 cm³/mol. The molecule has 2 aromatic heterocycles. The van der Waals surface area contributed by atoms with Crippen LogP contribution in [-0.2, 0) is 0 Å². The molecule has 3 rings (SSSR count). The molecule has 0 aliphatic rings. The summed E-state index contributed by atoms with van der Waals surface area (Å²) in [4.78, 5) is 28.1. The molecule has 122 valence electrons. The van der Waals surface area contributed by atoms with Crippen molar-refractivity contribution < 1.29 is 4.92 Å².